The average molecular weight is 372 g/mol. The maximum atomic E-state index is 12.9. The van der Waals surface area contributed by atoms with Crippen LogP contribution in [0, 0.1) is 17.3 Å². The lowest BCUT2D eigenvalue weighted by Crippen LogP contribution is -2.55. The molecule has 3 rings (SSSR count). The van der Waals surface area contributed by atoms with Crippen LogP contribution in [0.15, 0.2) is 0 Å². The zero-order chi connectivity index (χ0) is 17.5. The first kappa shape index (κ1) is 20.5. The van der Waals surface area contributed by atoms with E-state index in [1.165, 1.54) is 12.8 Å². The van der Waals surface area contributed by atoms with E-state index in [0.29, 0.717) is 25.6 Å². The number of likely N-dealkylation sites (tertiary alicyclic amines) is 2. The highest BCUT2D eigenvalue weighted by Gasteiger charge is 2.42. The van der Waals surface area contributed by atoms with Crippen LogP contribution in [0.2, 0.25) is 0 Å². The van der Waals surface area contributed by atoms with Crippen molar-refractivity contribution in [3.63, 3.8) is 0 Å². The maximum absolute atomic E-state index is 12.9. The molecule has 2 saturated heterocycles. The predicted octanol–water partition coefficient (Wildman–Crippen LogP) is 2.42. The van der Waals surface area contributed by atoms with Gasteiger partial charge in [0.15, 0.2) is 0 Å². The lowest BCUT2D eigenvalue weighted by molar-refractivity contribution is -0.139. The molecule has 0 bridgehead atoms. The van der Waals surface area contributed by atoms with Crippen LogP contribution in [0.3, 0.4) is 0 Å². The molecule has 3 aliphatic rings. The van der Waals surface area contributed by atoms with Gasteiger partial charge in [0.2, 0.25) is 11.8 Å². The minimum Gasteiger partial charge on any atom is -0.342 e. The van der Waals surface area contributed by atoms with E-state index in [0.717, 1.165) is 31.7 Å². The quantitative estimate of drug-likeness (QED) is 0.810. The van der Waals surface area contributed by atoms with Crippen molar-refractivity contribution in [1.29, 1.82) is 0 Å². The molecular formula is C19H34ClN3O2. The van der Waals surface area contributed by atoms with Gasteiger partial charge in [0.1, 0.15) is 0 Å². The molecule has 2 amide bonds. The summed E-state index contributed by atoms with van der Waals surface area (Å²) in [5, 5.41) is 0. The summed E-state index contributed by atoms with van der Waals surface area (Å²) in [5.74, 6) is 0.967. The first-order valence-electron chi connectivity index (χ1n) is 9.62. The molecule has 0 spiro atoms. The third-order valence-corrected chi connectivity index (χ3v) is 6.56. The number of rotatable bonds is 2. The van der Waals surface area contributed by atoms with Gasteiger partial charge < -0.3 is 15.5 Å². The van der Waals surface area contributed by atoms with Crippen molar-refractivity contribution in [3.8, 4) is 0 Å². The predicted molar refractivity (Wildman–Crippen MR) is 101 cm³/mol. The lowest BCUT2D eigenvalue weighted by atomic mass is 9.79. The molecule has 2 aliphatic heterocycles. The summed E-state index contributed by atoms with van der Waals surface area (Å²) in [7, 11) is 0. The summed E-state index contributed by atoms with van der Waals surface area (Å²) < 4.78 is 0. The Balaban J connectivity index is 0.00000225. The van der Waals surface area contributed by atoms with E-state index in [-0.39, 0.29) is 41.6 Å². The number of nitrogens with zero attached hydrogens (tertiary/aromatic N) is 2. The zero-order valence-corrected chi connectivity index (χ0v) is 16.7. The van der Waals surface area contributed by atoms with Gasteiger partial charge in [-0.2, -0.15) is 0 Å². The summed E-state index contributed by atoms with van der Waals surface area (Å²) in [6.07, 6.45) is 5.84. The van der Waals surface area contributed by atoms with Crippen LogP contribution in [0.5, 0.6) is 0 Å². The number of carbonyl (C=O) groups excluding carboxylic acids is 2. The summed E-state index contributed by atoms with van der Waals surface area (Å²) in [6, 6.07) is 0.505. The van der Waals surface area contributed by atoms with Crippen LogP contribution in [-0.2, 0) is 9.59 Å². The number of halogens is 1. The van der Waals surface area contributed by atoms with Crippen molar-refractivity contribution in [1.82, 2.24) is 9.80 Å². The summed E-state index contributed by atoms with van der Waals surface area (Å²) in [4.78, 5) is 29.4. The molecule has 0 aromatic heterocycles. The van der Waals surface area contributed by atoms with Gasteiger partial charge in [0.05, 0.1) is 5.92 Å². The van der Waals surface area contributed by atoms with E-state index in [4.69, 9.17) is 5.73 Å². The van der Waals surface area contributed by atoms with E-state index in [1.807, 2.05) is 9.80 Å². The Hall–Kier alpha value is -0.810. The van der Waals surface area contributed by atoms with Crippen LogP contribution in [0.1, 0.15) is 59.3 Å². The Morgan fingerprint density at radius 1 is 1.16 bits per heavy atom. The second-order valence-corrected chi connectivity index (χ2v) is 9.00. The van der Waals surface area contributed by atoms with Gasteiger partial charge in [-0.3, -0.25) is 9.59 Å². The van der Waals surface area contributed by atoms with Crippen molar-refractivity contribution in [2.24, 2.45) is 23.0 Å². The van der Waals surface area contributed by atoms with E-state index < -0.39 is 0 Å². The van der Waals surface area contributed by atoms with Crippen molar-refractivity contribution in [3.05, 3.63) is 0 Å². The third kappa shape index (κ3) is 4.30. The van der Waals surface area contributed by atoms with E-state index in [2.05, 4.69) is 20.8 Å². The Morgan fingerprint density at radius 2 is 1.80 bits per heavy atom. The minimum absolute atomic E-state index is 0. The monoisotopic (exact) mass is 371 g/mol. The highest BCUT2D eigenvalue weighted by Crippen LogP contribution is 2.33. The second-order valence-electron chi connectivity index (χ2n) is 9.00. The van der Waals surface area contributed by atoms with Gasteiger partial charge in [-0.25, -0.2) is 0 Å². The number of nitrogens with two attached hydrogens (primary N) is 1. The highest BCUT2D eigenvalue weighted by atomic mass is 35.5. The van der Waals surface area contributed by atoms with E-state index in [9.17, 15) is 9.59 Å². The summed E-state index contributed by atoms with van der Waals surface area (Å²) in [6.45, 7) is 8.61. The van der Waals surface area contributed by atoms with Crippen molar-refractivity contribution >= 4 is 24.2 Å². The lowest BCUT2D eigenvalue weighted by Gasteiger charge is -2.43. The molecule has 25 heavy (non-hydrogen) atoms. The van der Waals surface area contributed by atoms with Crippen LogP contribution >= 0.6 is 12.4 Å². The number of hydrogen-bond donors (Lipinski definition) is 1. The fourth-order valence-corrected chi connectivity index (χ4v) is 4.62. The molecule has 1 saturated carbocycles. The summed E-state index contributed by atoms with van der Waals surface area (Å²) in [5.41, 5.74) is 6.13. The molecule has 144 valence electrons. The molecule has 2 N–H and O–H groups in total. The van der Waals surface area contributed by atoms with Crippen molar-refractivity contribution < 1.29 is 9.59 Å². The number of piperidine rings is 1. The van der Waals surface area contributed by atoms with Gasteiger partial charge in [-0.05, 0) is 43.4 Å². The van der Waals surface area contributed by atoms with Gasteiger partial charge >= 0.3 is 0 Å². The first-order chi connectivity index (χ1) is 11.3. The normalized spacial score (nSPS) is 35.4. The number of amides is 2. The Morgan fingerprint density at radius 3 is 2.40 bits per heavy atom. The van der Waals surface area contributed by atoms with Crippen LogP contribution in [0.25, 0.3) is 0 Å². The third-order valence-electron chi connectivity index (χ3n) is 6.56. The van der Waals surface area contributed by atoms with Crippen molar-refractivity contribution in [2.75, 3.05) is 19.6 Å². The Kier molecular flexibility index (Phi) is 6.42. The Bertz CT molecular complexity index is 503. The SMILES string of the molecule is CC1CCC(N2CC(C(=O)N3CCC(N)C(C)(C)C3)CC2=O)CC1.Cl. The fraction of sp³-hybridized carbons (Fsp3) is 0.895. The topological polar surface area (TPSA) is 66.6 Å². The zero-order valence-electron chi connectivity index (χ0n) is 15.9. The van der Waals surface area contributed by atoms with E-state index in [1.54, 1.807) is 0 Å². The molecule has 6 heteroatoms. The van der Waals surface area contributed by atoms with Crippen LogP contribution in [-0.4, -0.2) is 53.3 Å². The van der Waals surface area contributed by atoms with Crippen molar-refractivity contribution in [2.45, 2.75) is 71.4 Å². The number of carbonyl (C=O) groups is 2. The summed E-state index contributed by atoms with van der Waals surface area (Å²) >= 11 is 0. The molecule has 3 fully saturated rings. The smallest absolute Gasteiger partial charge is 0.228 e. The standard InChI is InChI=1S/C19H33N3O2.ClH/c1-13-4-6-15(7-5-13)22-11-14(10-17(22)23)18(24)21-9-8-16(20)19(2,3)12-21;/h13-16H,4-12,20H2,1-3H3;1H. The fourth-order valence-electron chi connectivity index (χ4n) is 4.62. The average Bonchev–Trinajstić information content (AvgIpc) is 2.92. The molecule has 0 aromatic carbocycles. The minimum atomic E-state index is -0.151. The highest BCUT2D eigenvalue weighted by molar-refractivity contribution is 5.89. The Labute approximate surface area is 158 Å². The van der Waals surface area contributed by atoms with Crippen LogP contribution in [0.4, 0.5) is 0 Å². The molecule has 1 aliphatic carbocycles. The maximum Gasteiger partial charge on any atom is 0.228 e. The molecule has 2 unspecified atom stereocenters. The molecule has 0 radical (unpaired) electrons. The molecule has 0 aromatic rings. The van der Waals surface area contributed by atoms with Crippen LogP contribution < -0.4 is 5.73 Å². The van der Waals surface area contributed by atoms with Gasteiger partial charge in [-0.15, -0.1) is 12.4 Å². The number of hydrogen-bond acceptors (Lipinski definition) is 3. The van der Waals surface area contributed by atoms with Gasteiger partial charge in [-0.1, -0.05) is 20.8 Å². The molecule has 5 nitrogen and oxygen atoms in total. The molecular weight excluding hydrogens is 338 g/mol. The molecule has 2 atom stereocenters. The first-order valence-corrected chi connectivity index (χ1v) is 9.62. The van der Waals surface area contributed by atoms with E-state index >= 15 is 0 Å². The second kappa shape index (κ2) is 7.83. The largest absolute Gasteiger partial charge is 0.342 e. The molecule has 2 heterocycles. The van der Waals surface area contributed by atoms with Gasteiger partial charge in [0, 0.05) is 38.1 Å². The van der Waals surface area contributed by atoms with Gasteiger partial charge in [0.25, 0.3) is 0 Å².